The molecule has 0 spiro atoms. The predicted molar refractivity (Wildman–Crippen MR) is 349 cm³/mol. The van der Waals surface area contributed by atoms with Gasteiger partial charge in [0.2, 0.25) is 11.9 Å². The number of hydrogen-bond donors (Lipinski definition) is 0. The van der Waals surface area contributed by atoms with Crippen LogP contribution in [0.1, 0.15) is 0 Å². The largest absolute Gasteiger partial charge is 0.278 e. The van der Waals surface area contributed by atoms with E-state index in [9.17, 15) is 0 Å². The molecule has 0 saturated carbocycles. The highest BCUT2D eigenvalue weighted by atomic mass is 15.2. The number of aromatic nitrogens is 9. The van der Waals surface area contributed by atoms with Crippen molar-refractivity contribution in [2.45, 2.75) is 0 Å². The molecule has 0 radical (unpaired) electrons. The van der Waals surface area contributed by atoms with E-state index >= 15 is 0 Å². The van der Waals surface area contributed by atoms with Gasteiger partial charge in [0.15, 0.2) is 17.5 Å². The monoisotopic (exact) mass is 1100 g/mol. The van der Waals surface area contributed by atoms with E-state index in [2.05, 4.69) is 203 Å². The van der Waals surface area contributed by atoms with Crippen LogP contribution in [0, 0.1) is 0 Å². The second kappa shape index (κ2) is 21.2. The Morgan fingerprint density at radius 1 is 0.174 bits per heavy atom. The van der Waals surface area contributed by atoms with Gasteiger partial charge in [0.1, 0.15) is 0 Å². The zero-order valence-electron chi connectivity index (χ0n) is 46.3. The molecule has 16 aromatic rings. The fraction of sp³-hybridized carbons (Fsp3) is 0. The van der Waals surface area contributed by atoms with Gasteiger partial charge >= 0.3 is 0 Å². The van der Waals surface area contributed by atoms with Gasteiger partial charge in [0, 0.05) is 60.5 Å². The van der Waals surface area contributed by atoms with Crippen molar-refractivity contribution < 1.29 is 0 Å². The molecule has 0 atom stereocenters. The topological polar surface area (TPSA) is 100 Å². The third-order valence-corrected chi connectivity index (χ3v) is 16.0. The lowest BCUT2D eigenvalue weighted by Crippen LogP contribution is -2.04. The van der Waals surface area contributed by atoms with Crippen molar-refractivity contribution in [2.24, 2.45) is 0 Å². The molecule has 0 fully saturated rings. The molecule has 0 aliphatic heterocycles. The number of hydrogen-bond acceptors (Lipinski definition) is 7. The van der Waals surface area contributed by atoms with E-state index in [0.717, 1.165) is 128 Å². The van der Waals surface area contributed by atoms with Gasteiger partial charge in [-0.3, -0.25) is 9.13 Å². The Hall–Kier alpha value is -11.8. The Balaban J connectivity index is 0.900. The molecule has 402 valence electrons. The fourth-order valence-corrected chi connectivity index (χ4v) is 11.8. The number of rotatable bonds is 11. The molecule has 9 nitrogen and oxygen atoms in total. The molecule has 16 rings (SSSR count). The zero-order chi connectivity index (χ0) is 56.9. The highest BCUT2D eigenvalue weighted by molar-refractivity contribution is 6.13. The van der Waals surface area contributed by atoms with Crippen LogP contribution in [0.2, 0.25) is 0 Å². The third-order valence-electron chi connectivity index (χ3n) is 16.0. The lowest BCUT2D eigenvalue weighted by molar-refractivity contribution is 0.995. The first kappa shape index (κ1) is 50.0. The minimum Gasteiger partial charge on any atom is -0.278 e. The molecule has 0 aliphatic rings. The number of fused-ring (bicyclic) bond motifs is 6. The van der Waals surface area contributed by atoms with E-state index in [1.165, 1.54) is 0 Å². The van der Waals surface area contributed by atoms with Gasteiger partial charge in [0.25, 0.3) is 0 Å². The molecule has 0 unspecified atom stereocenters. The zero-order valence-corrected chi connectivity index (χ0v) is 46.3. The standard InChI is InChI=1S/C77H49N9/c1-8-22-50(23-9-1)57-36-40-69-61(44-57)63-46-59(38-42-71(63)85(69)76-78-65(52-26-12-3-13-27-52)48-66(79-76)53-28-14-4-15-29-53)74-82-73(56-34-20-7-21-35-56)83-75(84-74)60-39-43-72-64(47-60)62-45-58(51-24-10-2-11-25-51)37-41-70(62)86(72)77-80-67(54-30-16-5-17-31-54)49-68(81-77)55-32-18-6-19-33-55/h1-49H. The summed E-state index contributed by atoms with van der Waals surface area (Å²) in [4.78, 5) is 37.4. The second-order valence-corrected chi connectivity index (χ2v) is 21.3. The van der Waals surface area contributed by atoms with Crippen LogP contribution >= 0.6 is 0 Å². The van der Waals surface area contributed by atoms with E-state index in [4.69, 9.17) is 34.9 Å². The summed E-state index contributed by atoms with van der Waals surface area (Å²) in [7, 11) is 0. The van der Waals surface area contributed by atoms with Crippen molar-refractivity contribution in [3.05, 3.63) is 297 Å². The van der Waals surface area contributed by atoms with Crippen molar-refractivity contribution in [3.8, 4) is 113 Å². The van der Waals surface area contributed by atoms with Crippen LogP contribution in [0.5, 0.6) is 0 Å². The number of nitrogens with zero attached hydrogens (tertiary/aromatic N) is 9. The lowest BCUT2D eigenvalue weighted by atomic mass is 10.0. The molecule has 0 saturated heterocycles. The van der Waals surface area contributed by atoms with Crippen molar-refractivity contribution >= 4 is 43.6 Å². The molecule has 5 heterocycles. The Morgan fingerprint density at radius 2 is 0.407 bits per heavy atom. The molecule has 0 amide bonds. The van der Waals surface area contributed by atoms with Crippen LogP contribution < -0.4 is 0 Å². The highest BCUT2D eigenvalue weighted by Crippen LogP contribution is 2.41. The number of benzene rings is 11. The van der Waals surface area contributed by atoms with Crippen molar-refractivity contribution in [1.82, 2.24) is 44.0 Å². The molecular formula is C77H49N9. The first-order chi connectivity index (χ1) is 42.6. The smallest absolute Gasteiger partial charge is 0.235 e. The fourth-order valence-electron chi connectivity index (χ4n) is 11.8. The Labute approximate surface area is 495 Å². The normalized spacial score (nSPS) is 11.5. The van der Waals surface area contributed by atoms with Gasteiger partial charge in [-0.05, 0) is 95.1 Å². The summed E-state index contributed by atoms with van der Waals surface area (Å²) in [5, 5.41) is 4.10. The molecule has 0 bridgehead atoms. The van der Waals surface area contributed by atoms with Gasteiger partial charge < -0.3 is 0 Å². The summed E-state index contributed by atoms with van der Waals surface area (Å²) in [5.41, 5.74) is 18.2. The predicted octanol–water partition coefficient (Wildman–Crippen LogP) is 18.6. The quantitative estimate of drug-likeness (QED) is 0.127. The van der Waals surface area contributed by atoms with Gasteiger partial charge in [-0.15, -0.1) is 0 Å². The molecule has 11 aromatic carbocycles. The minimum atomic E-state index is 0.540. The van der Waals surface area contributed by atoms with Crippen LogP contribution in [0.25, 0.3) is 157 Å². The van der Waals surface area contributed by atoms with E-state index in [-0.39, 0.29) is 0 Å². The average Bonchev–Trinajstić information content (AvgIpc) is 2.23. The van der Waals surface area contributed by atoms with E-state index in [1.54, 1.807) is 0 Å². The summed E-state index contributed by atoms with van der Waals surface area (Å²) in [6, 6.07) is 103. The maximum atomic E-state index is 5.43. The van der Waals surface area contributed by atoms with Gasteiger partial charge in [-0.2, -0.15) is 0 Å². The molecule has 9 heteroatoms. The second-order valence-electron chi connectivity index (χ2n) is 21.3. The summed E-state index contributed by atoms with van der Waals surface area (Å²) in [6.45, 7) is 0. The van der Waals surface area contributed by atoms with Crippen LogP contribution in [0.4, 0.5) is 0 Å². The summed E-state index contributed by atoms with van der Waals surface area (Å²) < 4.78 is 4.38. The molecule has 5 aromatic heterocycles. The minimum absolute atomic E-state index is 0.540. The highest BCUT2D eigenvalue weighted by Gasteiger charge is 2.23. The summed E-state index contributed by atoms with van der Waals surface area (Å²) in [6.07, 6.45) is 0. The average molecular weight is 1100 g/mol. The van der Waals surface area contributed by atoms with Gasteiger partial charge in [0.05, 0.1) is 44.8 Å². The van der Waals surface area contributed by atoms with Crippen molar-refractivity contribution in [2.75, 3.05) is 0 Å². The first-order valence-corrected chi connectivity index (χ1v) is 28.7. The summed E-state index contributed by atoms with van der Waals surface area (Å²) >= 11 is 0. The summed E-state index contributed by atoms with van der Waals surface area (Å²) in [5.74, 6) is 2.78. The van der Waals surface area contributed by atoms with Crippen LogP contribution in [-0.2, 0) is 0 Å². The first-order valence-electron chi connectivity index (χ1n) is 28.7. The van der Waals surface area contributed by atoms with Gasteiger partial charge in [-0.1, -0.05) is 224 Å². The third kappa shape index (κ3) is 9.13. The van der Waals surface area contributed by atoms with E-state index in [0.29, 0.717) is 29.4 Å². The van der Waals surface area contributed by atoms with Crippen LogP contribution in [0.15, 0.2) is 297 Å². The Kier molecular flexibility index (Phi) is 12.3. The molecule has 0 N–H and O–H groups in total. The van der Waals surface area contributed by atoms with E-state index in [1.807, 2.05) is 103 Å². The van der Waals surface area contributed by atoms with E-state index < -0.39 is 0 Å². The van der Waals surface area contributed by atoms with Crippen molar-refractivity contribution in [1.29, 1.82) is 0 Å². The van der Waals surface area contributed by atoms with Crippen LogP contribution in [0.3, 0.4) is 0 Å². The molecular weight excluding hydrogens is 1050 g/mol. The molecule has 86 heavy (non-hydrogen) atoms. The Morgan fingerprint density at radius 3 is 0.698 bits per heavy atom. The SMILES string of the molecule is c1ccc(-c2ccc3c(c2)c2cc(-c4nc(-c5ccccc5)nc(-c5ccc6c(c5)c5cc(-c7ccccc7)ccc5n6-c5nc(-c6ccccc6)cc(-c6ccccc6)n5)n4)ccc2n3-c2nc(-c3ccccc3)cc(-c3ccccc3)n2)cc1. The lowest BCUT2D eigenvalue weighted by Gasteiger charge is -2.12. The maximum absolute atomic E-state index is 5.43. The molecule has 0 aliphatic carbocycles. The van der Waals surface area contributed by atoms with Crippen LogP contribution in [-0.4, -0.2) is 44.0 Å². The maximum Gasteiger partial charge on any atom is 0.235 e. The Bertz CT molecular complexity index is 4770. The van der Waals surface area contributed by atoms with Crippen molar-refractivity contribution in [3.63, 3.8) is 0 Å². The van der Waals surface area contributed by atoms with Gasteiger partial charge in [-0.25, -0.2) is 34.9 Å².